The third-order valence-electron chi connectivity index (χ3n) is 10.2. The van der Waals surface area contributed by atoms with Crippen LogP contribution in [0.1, 0.15) is 0 Å². The highest BCUT2D eigenvalue weighted by Gasteiger charge is 2.29. The predicted octanol–water partition coefficient (Wildman–Crippen LogP) is 8.09. The van der Waals surface area contributed by atoms with Crippen LogP contribution in [0, 0.1) is 0 Å². The third-order valence-corrected chi connectivity index (χ3v) is 10.2. The van der Waals surface area contributed by atoms with E-state index in [9.17, 15) is 35.7 Å². The van der Waals surface area contributed by atoms with E-state index in [2.05, 4.69) is 0 Å². The van der Waals surface area contributed by atoms with Gasteiger partial charge >= 0.3 is 0 Å². The molecule has 0 aliphatic heterocycles. The zero-order valence-electron chi connectivity index (χ0n) is 28.2. The highest BCUT2D eigenvalue weighted by atomic mass is 16.4. The van der Waals surface area contributed by atoms with Gasteiger partial charge in [0.1, 0.15) is 38.4 Å². The van der Waals surface area contributed by atoms with Crippen molar-refractivity contribution >= 4 is 70.1 Å². The van der Waals surface area contributed by atoms with Gasteiger partial charge < -0.3 is 40.2 Å². The molecule has 1 aromatic heterocycles. The normalized spacial score (nSPS) is 11.6. The number of phenolic OH excluding ortho intramolecular Hbond substituents is 7. The van der Waals surface area contributed by atoms with Crippen molar-refractivity contribution in [3.05, 3.63) is 115 Å². The number of benzene rings is 8. The first-order valence-electron chi connectivity index (χ1n) is 16.8. The Balaban J connectivity index is 1.44. The monoisotopic (exact) mass is 704 g/mol. The van der Waals surface area contributed by atoms with Crippen LogP contribution in [0.5, 0.6) is 40.2 Å². The molecule has 0 saturated carbocycles. The van der Waals surface area contributed by atoms with Crippen LogP contribution < -0.4 is 10.9 Å². The van der Waals surface area contributed by atoms with Gasteiger partial charge in [-0.25, -0.2) is 0 Å². The first-order valence-corrected chi connectivity index (χ1v) is 16.8. The standard InChI is InChI=1S/C44H26B2O8/c45-36-30(20-10-2-1-3-11-20)37(46)39(48)35(38(36)47)34-24-14-6-4-12-22(24)32(23-13-5-7-15-25(23)34)27-18-21(31-40(49)42(51)44(53)43(52)41(31)50)19-29-33(27)26-16-8-9-17-28(26)54-29/h1-19,47-53H. The Labute approximate surface area is 309 Å². The summed E-state index contributed by atoms with van der Waals surface area (Å²) in [5.41, 5.74) is 3.48. The van der Waals surface area contributed by atoms with Gasteiger partial charge in [-0.3, -0.25) is 0 Å². The van der Waals surface area contributed by atoms with Crippen molar-refractivity contribution in [1.82, 2.24) is 0 Å². The van der Waals surface area contributed by atoms with Crippen LogP contribution in [0.2, 0.25) is 0 Å². The summed E-state index contributed by atoms with van der Waals surface area (Å²) < 4.78 is 6.33. The Kier molecular flexibility index (Phi) is 7.22. The lowest BCUT2D eigenvalue weighted by Gasteiger charge is -2.23. The van der Waals surface area contributed by atoms with Crippen molar-refractivity contribution in [2.75, 3.05) is 0 Å². The molecule has 0 amide bonds. The maximum Gasteiger partial charge on any atom is 0.208 e. The van der Waals surface area contributed by atoms with Crippen molar-refractivity contribution in [2.24, 2.45) is 0 Å². The fourth-order valence-electron chi connectivity index (χ4n) is 7.76. The van der Waals surface area contributed by atoms with Crippen LogP contribution in [0.3, 0.4) is 0 Å². The minimum atomic E-state index is -1.07. The van der Waals surface area contributed by atoms with Crippen molar-refractivity contribution in [2.45, 2.75) is 0 Å². The van der Waals surface area contributed by atoms with Gasteiger partial charge in [0.2, 0.25) is 17.2 Å². The molecule has 54 heavy (non-hydrogen) atoms. The molecule has 10 heteroatoms. The van der Waals surface area contributed by atoms with Crippen LogP contribution in [-0.2, 0) is 0 Å². The minimum Gasteiger partial charge on any atom is -0.508 e. The summed E-state index contributed by atoms with van der Waals surface area (Å²) in [6.45, 7) is 0. The van der Waals surface area contributed by atoms with Crippen LogP contribution in [0.15, 0.2) is 120 Å². The average molecular weight is 704 g/mol. The number of furan rings is 1. The number of hydrogen-bond donors (Lipinski definition) is 7. The minimum absolute atomic E-state index is 0.00281. The van der Waals surface area contributed by atoms with Crippen LogP contribution in [0.25, 0.3) is 88.0 Å². The Hall–Kier alpha value is -7.19. The van der Waals surface area contributed by atoms with Gasteiger partial charge in [0.05, 0.1) is 11.1 Å². The summed E-state index contributed by atoms with van der Waals surface area (Å²) in [7, 11) is 13.2. The molecular formula is C44H26B2O8. The Morgan fingerprint density at radius 3 is 1.37 bits per heavy atom. The second kappa shape index (κ2) is 11.9. The van der Waals surface area contributed by atoms with Gasteiger partial charge in [0.15, 0.2) is 11.5 Å². The van der Waals surface area contributed by atoms with Crippen molar-refractivity contribution in [3.63, 3.8) is 0 Å². The SMILES string of the molecule is [B]c1c(O)c(-c2c3ccccc3c(-c3cc(-c4c(O)c(O)c(O)c(O)c4O)cc4oc5ccccc5c34)c3ccccc23)c(O)c([B])c1-c1ccccc1. The predicted molar refractivity (Wildman–Crippen MR) is 213 cm³/mol. The molecule has 8 nitrogen and oxygen atoms in total. The molecular weight excluding hydrogens is 678 g/mol. The highest BCUT2D eigenvalue weighted by molar-refractivity contribution is 6.48. The lowest BCUT2D eigenvalue weighted by molar-refractivity contribution is 0.330. The van der Waals surface area contributed by atoms with E-state index in [4.69, 9.17) is 20.1 Å². The van der Waals surface area contributed by atoms with Gasteiger partial charge in [-0.05, 0) is 78.5 Å². The Morgan fingerprint density at radius 1 is 0.352 bits per heavy atom. The number of para-hydroxylation sites is 1. The van der Waals surface area contributed by atoms with E-state index < -0.39 is 28.7 Å². The number of aromatic hydroxyl groups is 7. The summed E-state index contributed by atoms with van der Waals surface area (Å²) >= 11 is 0. The molecule has 7 N–H and O–H groups in total. The van der Waals surface area contributed by atoms with E-state index in [1.807, 2.05) is 78.9 Å². The zero-order valence-corrected chi connectivity index (χ0v) is 28.2. The van der Waals surface area contributed by atoms with Crippen molar-refractivity contribution in [1.29, 1.82) is 0 Å². The lowest BCUT2D eigenvalue weighted by atomic mass is 9.73. The first-order chi connectivity index (χ1) is 26.1. The largest absolute Gasteiger partial charge is 0.508 e. The fraction of sp³-hybridized carbons (Fsp3) is 0. The quantitative estimate of drug-likeness (QED) is 0.0420. The summed E-state index contributed by atoms with van der Waals surface area (Å²) in [5, 5.41) is 81.0. The zero-order chi connectivity index (χ0) is 37.6. The molecule has 8 aromatic carbocycles. The van der Waals surface area contributed by atoms with E-state index >= 15 is 0 Å². The average Bonchev–Trinajstić information content (AvgIpc) is 3.57. The molecule has 0 unspecified atom stereocenters. The molecule has 0 bridgehead atoms. The second-order valence-electron chi connectivity index (χ2n) is 13.1. The lowest BCUT2D eigenvalue weighted by Crippen LogP contribution is -2.21. The number of rotatable bonds is 4. The molecule has 0 atom stereocenters. The van der Waals surface area contributed by atoms with Crippen LogP contribution in [0.4, 0.5) is 0 Å². The van der Waals surface area contributed by atoms with Crippen LogP contribution in [-0.4, -0.2) is 51.4 Å². The van der Waals surface area contributed by atoms with E-state index in [1.165, 1.54) is 0 Å². The van der Waals surface area contributed by atoms with Gasteiger partial charge in [0, 0.05) is 16.3 Å². The number of phenols is 7. The second-order valence-corrected chi connectivity index (χ2v) is 13.1. The number of hydrogen-bond acceptors (Lipinski definition) is 8. The van der Waals surface area contributed by atoms with Crippen molar-refractivity contribution < 1.29 is 40.2 Å². The molecule has 9 aromatic rings. The molecule has 0 fully saturated rings. The van der Waals surface area contributed by atoms with Crippen LogP contribution >= 0.6 is 0 Å². The summed E-state index contributed by atoms with van der Waals surface area (Å²) in [6.07, 6.45) is 0. The summed E-state index contributed by atoms with van der Waals surface area (Å²) in [6, 6.07) is 34.6. The molecule has 9 rings (SSSR count). The molecule has 1 heterocycles. The molecule has 256 valence electrons. The van der Waals surface area contributed by atoms with Gasteiger partial charge in [-0.1, -0.05) is 97.1 Å². The summed E-state index contributed by atoms with van der Waals surface area (Å²) in [4.78, 5) is 0. The van der Waals surface area contributed by atoms with Gasteiger partial charge in [0.25, 0.3) is 0 Å². The molecule has 0 aliphatic carbocycles. The van der Waals surface area contributed by atoms with E-state index in [1.54, 1.807) is 36.4 Å². The first kappa shape index (κ1) is 32.7. The van der Waals surface area contributed by atoms with E-state index in [0.717, 1.165) is 5.39 Å². The Morgan fingerprint density at radius 2 is 0.815 bits per heavy atom. The van der Waals surface area contributed by atoms with E-state index in [-0.39, 0.29) is 39.1 Å². The van der Waals surface area contributed by atoms with E-state index in [0.29, 0.717) is 65.9 Å². The van der Waals surface area contributed by atoms with Gasteiger partial charge in [-0.2, -0.15) is 0 Å². The van der Waals surface area contributed by atoms with Gasteiger partial charge in [-0.15, -0.1) is 0 Å². The molecule has 0 aliphatic rings. The maximum atomic E-state index is 11.9. The summed E-state index contributed by atoms with van der Waals surface area (Å²) in [5.74, 6) is -5.48. The smallest absolute Gasteiger partial charge is 0.208 e. The topological polar surface area (TPSA) is 155 Å². The third kappa shape index (κ3) is 4.53. The highest BCUT2D eigenvalue weighted by Crippen LogP contribution is 2.57. The Bertz CT molecular complexity index is 2930. The molecule has 0 spiro atoms. The maximum absolute atomic E-state index is 11.9. The fourth-order valence-corrected chi connectivity index (χ4v) is 7.76. The molecule has 4 radical (unpaired) electrons. The van der Waals surface area contributed by atoms with Crippen molar-refractivity contribution in [3.8, 4) is 84.8 Å². The molecule has 0 saturated heterocycles. The number of fused-ring (bicyclic) bond motifs is 5.